The van der Waals surface area contributed by atoms with Crippen LogP contribution < -0.4 is 5.73 Å². The number of hydrogen-bond donors (Lipinski definition) is 1. The molecule has 1 aliphatic rings. The van der Waals surface area contributed by atoms with Crippen LogP contribution >= 0.6 is 0 Å². The molecule has 0 saturated carbocycles. The first-order chi connectivity index (χ1) is 5.62. The summed E-state index contributed by atoms with van der Waals surface area (Å²) >= 11 is 0. The van der Waals surface area contributed by atoms with Crippen molar-refractivity contribution in [2.45, 2.75) is 18.8 Å². The highest BCUT2D eigenvalue weighted by molar-refractivity contribution is 4.90. The Morgan fingerprint density at radius 1 is 1.42 bits per heavy atom. The molecular formula is C8H18N2O2. The summed E-state index contributed by atoms with van der Waals surface area (Å²) in [4.78, 5) is 2.22. The second kappa shape index (κ2) is 3.70. The SMILES string of the molecule is COC1(OC)CN(CC(C)N)C1. The van der Waals surface area contributed by atoms with E-state index >= 15 is 0 Å². The summed E-state index contributed by atoms with van der Waals surface area (Å²) in [6.45, 7) is 4.55. The van der Waals surface area contributed by atoms with Gasteiger partial charge in [-0.2, -0.15) is 0 Å². The first-order valence-corrected chi connectivity index (χ1v) is 4.20. The molecule has 1 saturated heterocycles. The average Bonchev–Trinajstić information content (AvgIpc) is 1.95. The van der Waals surface area contributed by atoms with Crippen LogP contribution in [0.2, 0.25) is 0 Å². The van der Waals surface area contributed by atoms with Gasteiger partial charge in [0.15, 0.2) is 5.79 Å². The minimum absolute atomic E-state index is 0.219. The van der Waals surface area contributed by atoms with Crippen molar-refractivity contribution in [3.05, 3.63) is 0 Å². The molecule has 72 valence electrons. The van der Waals surface area contributed by atoms with Crippen molar-refractivity contribution in [2.75, 3.05) is 33.9 Å². The van der Waals surface area contributed by atoms with E-state index in [1.54, 1.807) is 14.2 Å². The van der Waals surface area contributed by atoms with E-state index in [2.05, 4.69) is 4.90 Å². The molecule has 0 aromatic heterocycles. The third kappa shape index (κ3) is 1.95. The molecule has 1 rings (SSSR count). The Hall–Kier alpha value is -0.160. The molecule has 0 bridgehead atoms. The Labute approximate surface area is 73.6 Å². The van der Waals surface area contributed by atoms with E-state index in [0.717, 1.165) is 19.6 Å². The van der Waals surface area contributed by atoms with Crippen molar-refractivity contribution in [1.29, 1.82) is 0 Å². The van der Waals surface area contributed by atoms with Crippen molar-refractivity contribution in [3.63, 3.8) is 0 Å². The third-order valence-electron chi connectivity index (χ3n) is 2.22. The molecule has 0 radical (unpaired) electrons. The second-order valence-electron chi connectivity index (χ2n) is 3.47. The number of ether oxygens (including phenoxy) is 2. The second-order valence-corrected chi connectivity index (χ2v) is 3.47. The molecule has 1 fully saturated rings. The summed E-state index contributed by atoms with van der Waals surface area (Å²) in [6, 6.07) is 0.219. The molecule has 1 heterocycles. The van der Waals surface area contributed by atoms with Crippen LogP contribution in [0.15, 0.2) is 0 Å². The van der Waals surface area contributed by atoms with Crippen molar-refractivity contribution in [1.82, 2.24) is 4.90 Å². The molecule has 0 aliphatic carbocycles. The Morgan fingerprint density at radius 3 is 2.25 bits per heavy atom. The minimum Gasteiger partial charge on any atom is -0.351 e. The highest BCUT2D eigenvalue weighted by Gasteiger charge is 2.43. The van der Waals surface area contributed by atoms with Crippen LogP contribution in [0.1, 0.15) is 6.92 Å². The first kappa shape index (κ1) is 9.92. The van der Waals surface area contributed by atoms with Crippen molar-refractivity contribution >= 4 is 0 Å². The predicted molar refractivity (Wildman–Crippen MR) is 46.8 cm³/mol. The average molecular weight is 174 g/mol. The van der Waals surface area contributed by atoms with E-state index < -0.39 is 0 Å². The number of likely N-dealkylation sites (tertiary alicyclic amines) is 1. The van der Waals surface area contributed by atoms with Crippen LogP contribution in [0.4, 0.5) is 0 Å². The number of hydrogen-bond acceptors (Lipinski definition) is 4. The standard InChI is InChI=1S/C8H18N2O2/c1-7(9)4-10-5-8(6-10,11-2)12-3/h7H,4-6,9H2,1-3H3. The van der Waals surface area contributed by atoms with Gasteiger partial charge in [0.1, 0.15) is 0 Å². The van der Waals surface area contributed by atoms with E-state index in [1.165, 1.54) is 0 Å². The summed E-state index contributed by atoms with van der Waals surface area (Å²) in [7, 11) is 3.35. The van der Waals surface area contributed by atoms with E-state index in [1.807, 2.05) is 6.92 Å². The summed E-state index contributed by atoms with van der Waals surface area (Å²) < 4.78 is 10.5. The summed E-state index contributed by atoms with van der Waals surface area (Å²) in [5, 5.41) is 0. The van der Waals surface area contributed by atoms with Crippen molar-refractivity contribution in [3.8, 4) is 0 Å². The zero-order valence-electron chi connectivity index (χ0n) is 8.04. The summed E-state index contributed by atoms with van der Waals surface area (Å²) in [5.41, 5.74) is 5.65. The Bertz CT molecular complexity index is 138. The first-order valence-electron chi connectivity index (χ1n) is 4.20. The maximum Gasteiger partial charge on any atom is 0.193 e. The number of nitrogens with two attached hydrogens (primary N) is 1. The third-order valence-corrected chi connectivity index (χ3v) is 2.22. The predicted octanol–water partition coefficient (Wildman–Crippen LogP) is -0.362. The Kier molecular flexibility index (Phi) is 3.06. The van der Waals surface area contributed by atoms with Gasteiger partial charge in [0.05, 0.1) is 13.1 Å². The fraction of sp³-hybridized carbons (Fsp3) is 1.00. The normalized spacial score (nSPS) is 25.0. The molecule has 4 nitrogen and oxygen atoms in total. The van der Waals surface area contributed by atoms with Gasteiger partial charge in [0.2, 0.25) is 0 Å². The molecule has 2 N–H and O–H groups in total. The van der Waals surface area contributed by atoms with Crippen LogP contribution in [-0.2, 0) is 9.47 Å². The summed E-state index contributed by atoms with van der Waals surface area (Å²) in [5.74, 6) is -0.366. The molecule has 4 heteroatoms. The van der Waals surface area contributed by atoms with Gasteiger partial charge in [-0.25, -0.2) is 0 Å². The fourth-order valence-electron chi connectivity index (χ4n) is 1.51. The minimum atomic E-state index is -0.366. The molecule has 0 amide bonds. The van der Waals surface area contributed by atoms with Gasteiger partial charge in [0, 0.05) is 26.8 Å². The van der Waals surface area contributed by atoms with Crippen LogP contribution in [0.25, 0.3) is 0 Å². The van der Waals surface area contributed by atoms with Gasteiger partial charge >= 0.3 is 0 Å². The van der Waals surface area contributed by atoms with Gasteiger partial charge in [-0.1, -0.05) is 0 Å². The smallest absolute Gasteiger partial charge is 0.193 e. The monoisotopic (exact) mass is 174 g/mol. The summed E-state index contributed by atoms with van der Waals surface area (Å²) in [6.07, 6.45) is 0. The topological polar surface area (TPSA) is 47.7 Å². The maximum atomic E-state index is 5.65. The molecule has 12 heavy (non-hydrogen) atoms. The molecule has 0 aromatic carbocycles. The van der Waals surface area contributed by atoms with E-state index in [0.29, 0.717) is 0 Å². The Balaban J connectivity index is 2.25. The Morgan fingerprint density at radius 2 is 1.92 bits per heavy atom. The van der Waals surface area contributed by atoms with E-state index in [4.69, 9.17) is 15.2 Å². The molecule has 1 atom stereocenters. The van der Waals surface area contributed by atoms with Crippen LogP contribution in [-0.4, -0.2) is 50.6 Å². The molecule has 0 spiro atoms. The largest absolute Gasteiger partial charge is 0.351 e. The van der Waals surface area contributed by atoms with Crippen LogP contribution in [0.3, 0.4) is 0 Å². The van der Waals surface area contributed by atoms with Gasteiger partial charge in [-0.15, -0.1) is 0 Å². The van der Waals surface area contributed by atoms with Gasteiger partial charge in [-0.3, -0.25) is 4.90 Å². The quantitative estimate of drug-likeness (QED) is 0.591. The number of nitrogens with zero attached hydrogens (tertiary/aromatic N) is 1. The number of methoxy groups -OCH3 is 2. The molecule has 1 aliphatic heterocycles. The van der Waals surface area contributed by atoms with Gasteiger partial charge < -0.3 is 15.2 Å². The van der Waals surface area contributed by atoms with Gasteiger partial charge in [0.25, 0.3) is 0 Å². The molecular weight excluding hydrogens is 156 g/mol. The number of rotatable bonds is 4. The zero-order valence-corrected chi connectivity index (χ0v) is 8.04. The van der Waals surface area contributed by atoms with Crippen molar-refractivity contribution in [2.24, 2.45) is 5.73 Å². The zero-order chi connectivity index (χ0) is 9.19. The molecule has 1 unspecified atom stereocenters. The lowest BCUT2D eigenvalue weighted by atomic mass is 10.1. The lowest BCUT2D eigenvalue weighted by Gasteiger charge is -2.48. The highest BCUT2D eigenvalue weighted by atomic mass is 16.7. The lowest BCUT2D eigenvalue weighted by Crippen LogP contribution is -2.65. The van der Waals surface area contributed by atoms with Crippen LogP contribution in [0.5, 0.6) is 0 Å². The van der Waals surface area contributed by atoms with E-state index in [9.17, 15) is 0 Å². The highest BCUT2D eigenvalue weighted by Crippen LogP contribution is 2.24. The van der Waals surface area contributed by atoms with Crippen LogP contribution in [0, 0.1) is 0 Å². The van der Waals surface area contributed by atoms with Crippen molar-refractivity contribution < 1.29 is 9.47 Å². The maximum absolute atomic E-state index is 5.65. The van der Waals surface area contributed by atoms with E-state index in [-0.39, 0.29) is 11.8 Å². The fourth-order valence-corrected chi connectivity index (χ4v) is 1.51. The van der Waals surface area contributed by atoms with Gasteiger partial charge in [-0.05, 0) is 6.92 Å². The molecule has 0 aromatic rings. The lowest BCUT2D eigenvalue weighted by molar-refractivity contribution is -0.275.